The Morgan fingerprint density at radius 3 is 2.17 bits per heavy atom. The number of benzene rings is 3. The third kappa shape index (κ3) is 4.55. The van der Waals surface area contributed by atoms with Crippen molar-refractivity contribution in [2.75, 3.05) is 33.3 Å². The van der Waals surface area contributed by atoms with Gasteiger partial charge >= 0.3 is 0 Å². The lowest BCUT2D eigenvalue weighted by molar-refractivity contribution is -0.117. The minimum absolute atomic E-state index is 0.118. The lowest BCUT2D eigenvalue weighted by Crippen LogP contribution is -2.28. The number of aromatic nitrogens is 2. The summed E-state index contributed by atoms with van der Waals surface area (Å²) in [6, 6.07) is 18.0. The zero-order valence-electron chi connectivity index (χ0n) is 20.4. The van der Waals surface area contributed by atoms with Crippen molar-refractivity contribution in [3.63, 3.8) is 0 Å². The van der Waals surface area contributed by atoms with Gasteiger partial charge in [-0.05, 0) is 61.0 Å². The molecule has 8 heteroatoms. The predicted octanol–water partition coefficient (Wildman–Crippen LogP) is 3.93. The molecular weight excluding hydrogens is 446 g/mol. The molecule has 0 N–H and O–H groups in total. The maximum absolute atomic E-state index is 13.1. The van der Waals surface area contributed by atoms with Crippen LogP contribution in [0.25, 0.3) is 16.6 Å². The number of anilines is 1. The molecule has 0 spiro atoms. The summed E-state index contributed by atoms with van der Waals surface area (Å²) in [5.74, 6) is 1.93. The maximum atomic E-state index is 13.1. The Hall–Kier alpha value is -4.33. The average molecular weight is 474 g/mol. The van der Waals surface area contributed by atoms with Crippen molar-refractivity contribution in [2.24, 2.45) is 0 Å². The number of nitrogens with zero attached hydrogens (tertiary/aromatic N) is 3. The summed E-state index contributed by atoms with van der Waals surface area (Å²) in [7, 11) is 6.32. The van der Waals surface area contributed by atoms with Gasteiger partial charge in [0, 0.05) is 12.7 Å². The number of amides is 1. The van der Waals surface area contributed by atoms with Crippen LogP contribution in [0.4, 0.5) is 5.69 Å². The Morgan fingerprint density at radius 1 is 0.943 bits per heavy atom. The number of fused-ring (bicyclic) bond motifs is 1. The summed E-state index contributed by atoms with van der Waals surface area (Å²) >= 11 is 0. The first-order chi connectivity index (χ1) is 16.9. The third-order valence-electron chi connectivity index (χ3n) is 5.89. The number of rotatable bonds is 7. The second-order valence-corrected chi connectivity index (χ2v) is 8.00. The molecule has 0 aliphatic heterocycles. The molecule has 0 aliphatic carbocycles. The molecule has 0 unspecified atom stereocenters. The van der Waals surface area contributed by atoms with Crippen molar-refractivity contribution < 1.29 is 19.0 Å². The molecule has 3 aromatic carbocycles. The fraction of sp³-hybridized carbons (Fsp3) is 0.222. The molecule has 35 heavy (non-hydrogen) atoms. The van der Waals surface area contributed by atoms with Gasteiger partial charge in [0.05, 0.1) is 44.3 Å². The standard InChI is InChI=1S/C27H27N3O5/c1-17-28-22-9-7-6-8-21(22)27(32)30(17)20-12-10-19(11-13-20)29(2)25(31)16-18-14-23(33-3)26(35-5)24(15-18)34-4/h6-15H,16H2,1-5H3. The van der Waals surface area contributed by atoms with Crippen LogP contribution in [0.3, 0.4) is 0 Å². The van der Waals surface area contributed by atoms with Gasteiger partial charge in [-0.15, -0.1) is 0 Å². The Labute approximate surface area is 203 Å². The molecule has 1 amide bonds. The van der Waals surface area contributed by atoms with E-state index in [9.17, 15) is 9.59 Å². The molecule has 180 valence electrons. The molecule has 4 rings (SSSR count). The summed E-state index contributed by atoms with van der Waals surface area (Å²) < 4.78 is 17.7. The van der Waals surface area contributed by atoms with E-state index in [1.807, 2.05) is 42.5 Å². The van der Waals surface area contributed by atoms with Crippen LogP contribution in [-0.4, -0.2) is 43.8 Å². The summed E-state index contributed by atoms with van der Waals surface area (Å²) in [6.45, 7) is 1.80. The number of ether oxygens (including phenoxy) is 3. The van der Waals surface area contributed by atoms with E-state index in [1.165, 1.54) is 21.3 Å². The van der Waals surface area contributed by atoms with Gasteiger partial charge in [0.25, 0.3) is 5.56 Å². The molecule has 0 saturated heterocycles. The number of methoxy groups -OCH3 is 3. The molecule has 4 aromatic rings. The maximum Gasteiger partial charge on any atom is 0.265 e. The number of para-hydroxylation sites is 1. The highest BCUT2D eigenvalue weighted by Gasteiger charge is 2.18. The zero-order valence-corrected chi connectivity index (χ0v) is 20.4. The smallest absolute Gasteiger partial charge is 0.265 e. The highest BCUT2D eigenvalue weighted by atomic mass is 16.5. The van der Waals surface area contributed by atoms with E-state index in [-0.39, 0.29) is 17.9 Å². The number of hydrogen-bond acceptors (Lipinski definition) is 6. The first-order valence-corrected chi connectivity index (χ1v) is 11.0. The van der Waals surface area contributed by atoms with Crippen LogP contribution in [0.5, 0.6) is 17.2 Å². The van der Waals surface area contributed by atoms with Crippen molar-refractivity contribution in [1.29, 1.82) is 0 Å². The first-order valence-electron chi connectivity index (χ1n) is 11.0. The summed E-state index contributed by atoms with van der Waals surface area (Å²) in [4.78, 5) is 32.2. The molecule has 8 nitrogen and oxygen atoms in total. The van der Waals surface area contributed by atoms with Crippen LogP contribution < -0.4 is 24.7 Å². The number of carbonyl (C=O) groups excluding carboxylic acids is 1. The van der Waals surface area contributed by atoms with Gasteiger partial charge in [-0.1, -0.05) is 12.1 Å². The van der Waals surface area contributed by atoms with E-state index >= 15 is 0 Å². The molecule has 0 radical (unpaired) electrons. The molecule has 1 aromatic heterocycles. The van der Waals surface area contributed by atoms with Crippen molar-refractivity contribution in [3.05, 3.63) is 82.4 Å². The number of likely N-dealkylation sites (N-methyl/N-ethyl adjacent to an activating group) is 1. The molecule has 0 saturated carbocycles. The van der Waals surface area contributed by atoms with Crippen molar-refractivity contribution in [2.45, 2.75) is 13.3 Å². The molecule has 0 atom stereocenters. The zero-order chi connectivity index (χ0) is 25.1. The number of hydrogen-bond donors (Lipinski definition) is 0. The minimum Gasteiger partial charge on any atom is -0.493 e. The summed E-state index contributed by atoms with van der Waals surface area (Å²) in [5.41, 5.74) is 2.65. The minimum atomic E-state index is -0.132. The number of aryl methyl sites for hydroxylation is 1. The normalized spacial score (nSPS) is 10.8. The molecule has 0 bridgehead atoms. The molecule has 1 heterocycles. The molecular formula is C27H27N3O5. The monoisotopic (exact) mass is 473 g/mol. The van der Waals surface area contributed by atoms with Gasteiger partial charge in [0.15, 0.2) is 11.5 Å². The van der Waals surface area contributed by atoms with Gasteiger partial charge in [0.1, 0.15) is 5.82 Å². The highest BCUT2D eigenvalue weighted by Crippen LogP contribution is 2.38. The highest BCUT2D eigenvalue weighted by molar-refractivity contribution is 5.94. The van der Waals surface area contributed by atoms with Gasteiger partial charge in [-0.3, -0.25) is 14.2 Å². The fourth-order valence-corrected chi connectivity index (χ4v) is 4.05. The van der Waals surface area contributed by atoms with E-state index in [4.69, 9.17) is 14.2 Å². The Bertz CT molecular complexity index is 1420. The average Bonchev–Trinajstić information content (AvgIpc) is 2.88. The van der Waals surface area contributed by atoms with E-state index in [0.717, 1.165) is 5.56 Å². The topological polar surface area (TPSA) is 82.9 Å². The number of carbonyl (C=O) groups is 1. The lowest BCUT2D eigenvalue weighted by Gasteiger charge is -2.19. The van der Waals surface area contributed by atoms with E-state index < -0.39 is 0 Å². The quantitative estimate of drug-likeness (QED) is 0.405. The Kier molecular flexibility index (Phi) is 6.73. The van der Waals surface area contributed by atoms with Crippen molar-refractivity contribution in [1.82, 2.24) is 9.55 Å². The van der Waals surface area contributed by atoms with Crippen LogP contribution in [0.2, 0.25) is 0 Å². The van der Waals surface area contributed by atoms with E-state index in [2.05, 4.69) is 4.98 Å². The van der Waals surface area contributed by atoms with Crippen LogP contribution in [0.1, 0.15) is 11.4 Å². The summed E-state index contributed by atoms with van der Waals surface area (Å²) in [6.07, 6.45) is 0.141. The van der Waals surface area contributed by atoms with Crippen LogP contribution in [0, 0.1) is 6.92 Å². The van der Waals surface area contributed by atoms with Crippen LogP contribution in [0.15, 0.2) is 65.5 Å². The molecule has 0 fully saturated rings. The second kappa shape index (κ2) is 9.89. The van der Waals surface area contributed by atoms with Gasteiger partial charge in [-0.25, -0.2) is 4.98 Å². The van der Waals surface area contributed by atoms with Gasteiger partial charge in [-0.2, -0.15) is 0 Å². The fourth-order valence-electron chi connectivity index (χ4n) is 4.05. The SMILES string of the molecule is COc1cc(CC(=O)N(C)c2ccc(-n3c(C)nc4ccccc4c3=O)cc2)cc(OC)c1OC. The van der Waals surface area contributed by atoms with Crippen LogP contribution >= 0.6 is 0 Å². The largest absolute Gasteiger partial charge is 0.493 e. The third-order valence-corrected chi connectivity index (χ3v) is 5.89. The Morgan fingerprint density at radius 2 is 1.57 bits per heavy atom. The first kappa shape index (κ1) is 23.8. The molecule has 0 aliphatic rings. The predicted molar refractivity (Wildman–Crippen MR) is 135 cm³/mol. The summed E-state index contributed by atoms with van der Waals surface area (Å²) in [5, 5.41) is 0.555. The Balaban J connectivity index is 1.58. The van der Waals surface area contributed by atoms with Crippen molar-refractivity contribution in [3.8, 4) is 22.9 Å². The second-order valence-electron chi connectivity index (χ2n) is 8.00. The van der Waals surface area contributed by atoms with E-state index in [1.54, 1.807) is 41.6 Å². The van der Waals surface area contributed by atoms with E-state index in [0.29, 0.717) is 45.4 Å². The van der Waals surface area contributed by atoms with Crippen molar-refractivity contribution >= 4 is 22.5 Å². The van der Waals surface area contributed by atoms with Crippen LogP contribution in [-0.2, 0) is 11.2 Å². The van der Waals surface area contributed by atoms with Gasteiger partial charge in [0.2, 0.25) is 11.7 Å². The van der Waals surface area contributed by atoms with Gasteiger partial charge < -0.3 is 19.1 Å². The lowest BCUT2D eigenvalue weighted by atomic mass is 10.1.